The molecule has 0 fully saturated rings. The van der Waals surface area contributed by atoms with Crippen molar-refractivity contribution < 1.29 is 0 Å². The Labute approximate surface area is 99.2 Å². The fourth-order valence-electron chi connectivity index (χ4n) is 1.81. The molecule has 2 atom stereocenters. The molecular formula is C13H25N3. The Bertz CT molecular complexity index is 293. The lowest BCUT2D eigenvalue weighted by Gasteiger charge is -2.20. The fourth-order valence-corrected chi connectivity index (χ4v) is 1.81. The molecule has 0 aromatic carbocycles. The number of hydrogen-bond acceptors (Lipinski definition) is 2. The third-order valence-corrected chi connectivity index (χ3v) is 3.14. The van der Waals surface area contributed by atoms with Crippen LogP contribution in [0.3, 0.4) is 0 Å². The Kier molecular flexibility index (Phi) is 5.53. The molecule has 0 bridgehead atoms. The number of aryl methyl sites for hydroxylation is 1. The van der Waals surface area contributed by atoms with E-state index in [2.05, 4.69) is 44.3 Å². The van der Waals surface area contributed by atoms with Crippen LogP contribution in [0.5, 0.6) is 0 Å². The van der Waals surface area contributed by atoms with E-state index in [0.717, 1.165) is 19.5 Å². The van der Waals surface area contributed by atoms with Crippen molar-refractivity contribution in [2.75, 3.05) is 6.54 Å². The third-order valence-electron chi connectivity index (χ3n) is 3.14. The van der Waals surface area contributed by atoms with Gasteiger partial charge in [-0.05, 0) is 44.7 Å². The predicted octanol–water partition coefficient (Wildman–Crippen LogP) is 2.47. The highest BCUT2D eigenvalue weighted by molar-refractivity contribution is 5.05. The Morgan fingerprint density at radius 2 is 2.12 bits per heavy atom. The average molecular weight is 223 g/mol. The number of hydrogen-bond donors (Lipinski definition) is 1. The van der Waals surface area contributed by atoms with E-state index in [1.165, 1.54) is 12.0 Å². The summed E-state index contributed by atoms with van der Waals surface area (Å²) in [5.41, 5.74) is 1.35. The highest BCUT2D eigenvalue weighted by Gasteiger charge is 2.12. The second-order valence-electron chi connectivity index (χ2n) is 4.63. The van der Waals surface area contributed by atoms with E-state index in [4.69, 9.17) is 0 Å². The number of nitrogens with zero attached hydrogens (tertiary/aromatic N) is 2. The minimum absolute atomic E-state index is 0.574. The van der Waals surface area contributed by atoms with Crippen molar-refractivity contribution in [2.24, 2.45) is 5.92 Å². The summed E-state index contributed by atoms with van der Waals surface area (Å²) in [6.07, 6.45) is 6.46. The monoisotopic (exact) mass is 223 g/mol. The van der Waals surface area contributed by atoms with Crippen LogP contribution in [-0.4, -0.2) is 22.4 Å². The molecule has 3 heteroatoms. The van der Waals surface area contributed by atoms with E-state index in [9.17, 15) is 0 Å². The summed E-state index contributed by atoms with van der Waals surface area (Å²) in [5.74, 6) is 0.654. The minimum atomic E-state index is 0.574. The summed E-state index contributed by atoms with van der Waals surface area (Å²) < 4.78 is 1.99. The molecule has 0 amide bonds. The molecule has 1 N–H and O–H groups in total. The van der Waals surface area contributed by atoms with Crippen LogP contribution in [0.25, 0.3) is 0 Å². The van der Waals surface area contributed by atoms with Gasteiger partial charge in [-0.15, -0.1) is 0 Å². The van der Waals surface area contributed by atoms with E-state index in [-0.39, 0.29) is 0 Å². The molecule has 0 aliphatic carbocycles. The molecule has 3 nitrogen and oxygen atoms in total. The lowest BCUT2D eigenvalue weighted by molar-refractivity contribution is 0.399. The standard InChI is InChI=1S/C13H25N3/c1-5-7-14-12(4)11(3)8-13-9-15-16(6-2)10-13/h9-12,14H,5-8H2,1-4H3. The molecule has 16 heavy (non-hydrogen) atoms. The van der Waals surface area contributed by atoms with E-state index in [1.54, 1.807) is 0 Å². The largest absolute Gasteiger partial charge is 0.314 e. The number of aromatic nitrogens is 2. The maximum Gasteiger partial charge on any atom is 0.0521 e. The topological polar surface area (TPSA) is 29.9 Å². The van der Waals surface area contributed by atoms with Gasteiger partial charge in [-0.25, -0.2) is 0 Å². The first-order valence-corrected chi connectivity index (χ1v) is 6.42. The van der Waals surface area contributed by atoms with Crippen molar-refractivity contribution in [3.63, 3.8) is 0 Å². The van der Waals surface area contributed by atoms with Crippen LogP contribution in [0.4, 0.5) is 0 Å². The van der Waals surface area contributed by atoms with Crippen LogP contribution in [0.2, 0.25) is 0 Å². The predicted molar refractivity (Wildman–Crippen MR) is 68.5 cm³/mol. The molecular weight excluding hydrogens is 198 g/mol. The van der Waals surface area contributed by atoms with Gasteiger partial charge in [-0.3, -0.25) is 4.68 Å². The Morgan fingerprint density at radius 3 is 2.69 bits per heavy atom. The highest BCUT2D eigenvalue weighted by Crippen LogP contribution is 2.11. The lowest BCUT2D eigenvalue weighted by Crippen LogP contribution is -2.33. The molecule has 2 unspecified atom stereocenters. The van der Waals surface area contributed by atoms with Gasteiger partial charge in [0, 0.05) is 18.8 Å². The van der Waals surface area contributed by atoms with Crippen LogP contribution in [0.1, 0.15) is 39.7 Å². The Hall–Kier alpha value is -0.830. The van der Waals surface area contributed by atoms with Gasteiger partial charge in [0.15, 0.2) is 0 Å². The molecule has 0 spiro atoms. The quantitative estimate of drug-likeness (QED) is 0.769. The maximum atomic E-state index is 4.31. The van der Waals surface area contributed by atoms with Gasteiger partial charge in [0.25, 0.3) is 0 Å². The first-order chi connectivity index (χ1) is 7.67. The van der Waals surface area contributed by atoms with Crippen LogP contribution in [-0.2, 0) is 13.0 Å². The molecule has 0 radical (unpaired) electrons. The van der Waals surface area contributed by atoms with Crippen molar-refractivity contribution >= 4 is 0 Å². The highest BCUT2D eigenvalue weighted by atomic mass is 15.3. The van der Waals surface area contributed by atoms with Crippen molar-refractivity contribution in [1.29, 1.82) is 0 Å². The van der Waals surface area contributed by atoms with Gasteiger partial charge in [-0.1, -0.05) is 13.8 Å². The summed E-state index contributed by atoms with van der Waals surface area (Å²) in [6.45, 7) is 11.0. The van der Waals surface area contributed by atoms with Gasteiger partial charge < -0.3 is 5.32 Å². The van der Waals surface area contributed by atoms with Crippen LogP contribution in [0.15, 0.2) is 12.4 Å². The van der Waals surface area contributed by atoms with Gasteiger partial charge in [-0.2, -0.15) is 5.10 Å². The van der Waals surface area contributed by atoms with Crippen LogP contribution >= 0.6 is 0 Å². The zero-order chi connectivity index (χ0) is 12.0. The maximum absolute atomic E-state index is 4.31. The summed E-state index contributed by atoms with van der Waals surface area (Å²) >= 11 is 0. The zero-order valence-electron chi connectivity index (χ0n) is 11.0. The molecule has 1 heterocycles. The van der Waals surface area contributed by atoms with E-state index in [0.29, 0.717) is 12.0 Å². The second-order valence-corrected chi connectivity index (χ2v) is 4.63. The van der Waals surface area contributed by atoms with E-state index < -0.39 is 0 Å². The number of rotatable bonds is 7. The Balaban J connectivity index is 2.40. The first kappa shape index (κ1) is 13.2. The fraction of sp³-hybridized carbons (Fsp3) is 0.769. The smallest absolute Gasteiger partial charge is 0.0521 e. The van der Waals surface area contributed by atoms with Gasteiger partial charge in [0.1, 0.15) is 0 Å². The van der Waals surface area contributed by atoms with Crippen molar-refractivity contribution in [3.05, 3.63) is 18.0 Å². The van der Waals surface area contributed by atoms with Crippen LogP contribution < -0.4 is 5.32 Å². The first-order valence-electron chi connectivity index (χ1n) is 6.42. The van der Waals surface area contributed by atoms with Crippen molar-refractivity contribution in [3.8, 4) is 0 Å². The van der Waals surface area contributed by atoms with Crippen molar-refractivity contribution in [1.82, 2.24) is 15.1 Å². The molecule has 0 saturated carbocycles. The molecule has 0 aliphatic rings. The molecule has 0 saturated heterocycles. The second kappa shape index (κ2) is 6.69. The van der Waals surface area contributed by atoms with Crippen molar-refractivity contribution in [2.45, 2.75) is 53.1 Å². The summed E-state index contributed by atoms with van der Waals surface area (Å²) in [7, 11) is 0. The summed E-state index contributed by atoms with van der Waals surface area (Å²) in [6, 6.07) is 0.574. The van der Waals surface area contributed by atoms with Gasteiger partial charge in [0.2, 0.25) is 0 Å². The molecule has 1 aromatic heterocycles. The normalized spacial score (nSPS) is 15.0. The van der Waals surface area contributed by atoms with E-state index in [1.807, 2.05) is 10.9 Å². The van der Waals surface area contributed by atoms with Gasteiger partial charge in [0.05, 0.1) is 6.20 Å². The Morgan fingerprint density at radius 1 is 1.38 bits per heavy atom. The summed E-state index contributed by atoms with van der Waals surface area (Å²) in [4.78, 5) is 0. The lowest BCUT2D eigenvalue weighted by atomic mass is 9.96. The molecule has 1 aromatic rings. The SMILES string of the molecule is CCCNC(C)C(C)Cc1cnn(CC)c1. The zero-order valence-corrected chi connectivity index (χ0v) is 11.0. The number of nitrogens with one attached hydrogen (secondary N) is 1. The molecule has 92 valence electrons. The average Bonchev–Trinajstić information content (AvgIpc) is 2.73. The third kappa shape index (κ3) is 3.97. The molecule has 0 aliphatic heterocycles. The summed E-state index contributed by atoms with van der Waals surface area (Å²) in [5, 5.41) is 7.85. The minimum Gasteiger partial charge on any atom is -0.314 e. The molecule has 1 rings (SSSR count). The van der Waals surface area contributed by atoms with Crippen LogP contribution in [0, 0.1) is 5.92 Å². The van der Waals surface area contributed by atoms with Gasteiger partial charge >= 0.3 is 0 Å². The van der Waals surface area contributed by atoms with E-state index >= 15 is 0 Å².